The molecular weight excluding hydrogens is 455 g/mol. The number of hydrogen-bond acceptors (Lipinski definition) is 6. The van der Waals surface area contributed by atoms with E-state index in [1.165, 1.54) is 38.5 Å². The predicted octanol–water partition coefficient (Wildman–Crippen LogP) is 5.34. The van der Waals surface area contributed by atoms with Gasteiger partial charge in [0.05, 0.1) is 27.7 Å². The minimum atomic E-state index is -4.37. The van der Waals surface area contributed by atoms with Crippen molar-refractivity contribution < 1.29 is 32.5 Å². The van der Waals surface area contributed by atoms with Crippen molar-refractivity contribution in [3.05, 3.63) is 24.3 Å². The number of allylic oxidation sites excluding steroid dienone is 4. The maximum Gasteiger partial charge on any atom is 0.407 e. The minimum absolute atomic E-state index is 0.0408. The molecule has 1 amide bonds. The van der Waals surface area contributed by atoms with Gasteiger partial charge in [-0.15, -0.1) is 0 Å². The first-order valence-corrected chi connectivity index (χ1v) is 14.2. The lowest BCUT2D eigenvalue weighted by atomic mass is 10.1. The van der Waals surface area contributed by atoms with E-state index in [0.29, 0.717) is 17.6 Å². The Kier molecular flexibility index (Phi) is 20.4. The number of phosphoric acid groups is 1. The van der Waals surface area contributed by atoms with Crippen LogP contribution in [0.5, 0.6) is 0 Å². The summed E-state index contributed by atoms with van der Waals surface area (Å²) in [5, 5.41) is 2.66. The molecular formula is C25H49N2O6P. The van der Waals surface area contributed by atoms with Crippen molar-refractivity contribution in [2.45, 2.75) is 77.6 Å². The first-order chi connectivity index (χ1) is 16.2. The Balaban J connectivity index is 3.49. The van der Waals surface area contributed by atoms with Crippen LogP contribution < -0.4 is 10.2 Å². The van der Waals surface area contributed by atoms with Crippen molar-refractivity contribution in [1.29, 1.82) is 0 Å². The molecule has 0 bridgehead atoms. The van der Waals surface area contributed by atoms with Crippen molar-refractivity contribution in [1.82, 2.24) is 5.32 Å². The third-order valence-corrected chi connectivity index (χ3v) is 5.97. The molecule has 0 aliphatic rings. The van der Waals surface area contributed by atoms with Crippen molar-refractivity contribution in [3.8, 4) is 0 Å². The van der Waals surface area contributed by atoms with E-state index in [2.05, 4.69) is 41.1 Å². The van der Waals surface area contributed by atoms with Crippen LogP contribution in [0.15, 0.2) is 24.3 Å². The fourth-order valence-electron chi connectivity index (χ4n) is 2.93. The topological polar surface area (TPSA) is 96.9 Å². The second-order valence-electron chi connectivity index (χ2n) is 9.42. The summed E-state index contributed by atoms with van der Waals surface area (Å²) >= 11 is 0. The standard InChI is InChI=1S/C25H49N2O6P/c1-5-6-7-8-9-10-11-12-13-14-15-16-17-18-19-20-26-25(28)31-23-24-33-34(29,30)32-22-21-27(2,3)4/h9-10,12-13H,5-8,11,14-24H2,1-4H3,(H-,26,28,29,30)/b10-9-,13-12-. The lowest BCUT2D eigenvalue weighted by molar-refractivity contribution is -0.870. The van der Waals surface area contributed by atoms with Gasteiger partial charge >= 0.3 is 6.09 Å². The third kappa shape index (κ3) is 25.4. The van der Waals surface area contributed by atoms with E-state index in [4.69, 9.17) is 9.26 Å². The summed E-state index contributed by atoms with van der Waals surface area (Å²) in [6.45, 7) is 2.92. The molecule has 1 atom stereocenters. The number of quaternary nitrogens is 1. The van der Waals surface area contributed by atoms with Gasteiger partial charge < -0.3 is 28.5 Å². The quantitative estimate of drug-likeness (QED) is 0.0925. The molecule has 0 aliphatic carbocycles. The molecule has 8 nitrogen and oxygen atoms in total. The molecule has 34 heavy (non-hydrogen) atoms. The van der Waals surface area contributed by atoms with Crippen LogP contribution >= 0.6 is 7.82 Å². The van der Waals surface area contributed by atoms with Crippen LogP contribution in [-0.2, 0) is 18.3 Å². The summed E-state index contributed by atoms with van der Waals surface area (Å²) in [5.74, 6) is 0. The van der Waals surface area contributed by atoms with Crippen LogP contribution in [-0.4, -0.2) is 64.6 Å². The highest BCUT2D eigenvalue weighted by Gasteiger charge is 2.13. The van der Waals surface area contributed by atoms with Gasteiger partial charge in [0, 0.05) is 6.54 Å². The fourth-order valence-corrected chi connectivity index (χ4v) is 3.60. The van der Waals surface area contributed by atoms with Gasteiger partial charge in [-0.2, -0.15) is 0 Å². The molecule has 0 rings (SSSR count). The smallest absolute Gasteiger partial charge is 0.407 e. The molecule has 0 aromatic carbocycles. The van der Waals surface area contributed by atoms with Gasteiger partial charge in [-0.05, 0) is 38.5 Å². The number of alkyl carbamates (subject to hydrolysis) is 1. The summed E-state index contributed by atoms with van der Waals surface area (Å²) in [6.07, 6.45) is 21.2. The van der Waals surface area contributed by atoms with E-state index < -0.39 is 13.9 Å². The zero-order valence-corrected chi connectivity index (χ0v) is 22.9. The van der Waals surface area contributed by atoms with Crippen molar-refractivity contribution in [2.75, 3.05) is 54.1 Å². The van der Waals surface area contributed by atoms with Gasteiger partial charge in [0.2, 0.25) is 0 Å². The van der Waals surface area contributed by atoms with Crippen LogP contribution in [0, 0.1) is 0 Å². The number of likely N-dealkylation sites (N-methyl/N-ethyl adjacent to an activating group) is 1. The molecule has 9 heteroatoms. The summed E-state index contributed by atoms with van der Waals surface area (Å²) in [6, 6.07) is 0. The summed E-state index contributed by atoms with van der Waals surface area (Å²) in [4.78, 5) is 23.2. The van der Waals surface area contributed by atoms with Gasteiger partial charge in [0.15, 0.2) is 0 Å². The molecule has 0 spiro atoms. The van der Waals surface area contributed by atoms with Crippen molar-refractivity contribution >= 4 is 13.9 Å². The zero-order chi connectivity index (χ0) is 25.5. The first kappa shape index (κ1) is 32.8. The third-order valence-electron chi connectivity index (χ3n) is 4.97. The zero-order valence-electron chi connectivity index (χ0n) is 22.0. The lowest BCUT2D eigenvalue weighted by Gasteiger charge is -2.27. The number of unbranched alkanes of at least 4 members (excludes halogenated alkanes) is 8. The average Bonchev–Trinajstić information content (AvgIpc) is 2.75. The van der Waals surface area contributed by atoms with E-state index in [-0.39, 0.29) is 19.8 Å². The molecule has 0 saturated heterocycles. The molecule has 0 aromatic heterocycles. The van der Waals surface area contributed by atoms with E-state index >= 15 is 0 Å². The summed E-state index contributed by atoms with van der Waals surface area (Å²) in [7, 11) is 1.42. The highest BCUT2D eigenvalue weighted by atomic mass is 31.2. The number of amides is 1. The molecule has 1 N–H and O–H groups in total. The van der Waals surface area contributed by atoms with Crippen LogP contribution in [0.1, 0.15) is 77.6 Å². The molecule has 1 unspecified atom stereocenters. The summed E-state index contributed by atoms with van der Waals surface area (Å²) in [5.41, 5.74) is 0. The van der Waals surface area contributed by atoms with Gasteiger partial charge in [0.1, 0.15) is 19.8 Å². The molecule has 0 aliphatic heterocycles. The van der Waals surface area contributed by atoms with E-state index in [9.17, 15) is 14.3 Å². The maximum absolute atomic E-state index is 11.6. The Morgan fingerprint density at radius 3 is 2.09 bits per heavy atom. The second kappa shape index (κ2) is 21.1. The Morgan fingerprint density at radius 1 is 0.853 bits per heavy atom. The second-order valence-corrected chi connectivity index (χ2v) is 10.8. The van der Waals surface area contributed by atoms with E-state index in [1.807, 2.05) is 21.1 Å². The molecule has 0 saturated carbocycles. The summed E-state index contributed by atoms with van der Waals surface area (Å²) < 4.78 is 26.6. The van der Waals surface area contributed by atoms with E-state index in [1.54, 1.807) is 0 Å². The maximum atomic E-state index is 11.6. The highest BCUT2D eigenvalue weighted by molar-refractivity contribution is 7.45. The monoisotopic (exact) mass is 504 g/mol. The normalized spacial score (nSPS) is 14.0. The van der Waals surface area contributed by atoms with Crippen LogP contribution in [0.2, 0.25) is 0 Å². The first-order valence-electron chi connectivity index (χ1n) is 12.8. The number of carbonyl (C=O) groups is 1. The van der Waals surface area contributed by atoms with E-state index in [0.717, 1.165) is 32.1 Å². The molecule has 0 aromatic rings. The van der Waals surface area contributed by atoms with Gasteiger partial charge in [0.25, 0.3) is 7.82 Å². The molecule has 200 valence electrons. The van der Waals surface area contributed by atoms with Gasteiger partial charge in [-0.1, -0.05) is 63.3 Å². The highest BCUT2D eigenvalue weighted by Crippen LogP contribution is 2.37. The average molecular weight is 505 g/mol. The van der Waals surface area contributed by atoms with Crippen LogP contribution in [0.25, 0.3) is 0 Å². The van der Waals surface area contributed by atoms with Gasteiger partial charge in [-0.3, -0.25) is 4.57 Å². The largest absolute Gasteiger partial charge is 0.756 e. The van der Waals surface area contributed by atoms with Crippen LogP contribution in [0.3, 0.4) is 0 Å². The Morgan fingerprint density at radius 2 is 1.44 bits per heavy atom. The van der Waals surface area contributed by atoms with Gasteiger partial charge in [-0.25, -0.2) is 4.79 Å². The number of ether oxygens (including phenoxy) is 1. The lowest BCUT2D eigenvalue weighted by Crippen LogP contribution is -2.37. The number of phosphoric ester groups is 1. The SMILES string of the molecule is CCCCC/C=C\C/C=C\CCCCCCCNC(=O)OCCOP(=O)([O-])OCC[N+](C)(C)C. The minimum Gasteiger partial charge on any atom is -0.756 e. The Bertz CT molecular complexity index is 605. The predicted molar refractivity (Wildman–Crippen MR) is 137 cm³/mol. The van der Waals surface area contributed by atoms with Crippen molar-refractivity contribution in [2.24, 2.45) is 0 Å². The fraction of sp³-hybridized carbons (Fsp3) is 0.800. The number of nitrogens with one attached hydrogen (secondary N) is 1. The molecule has 0 radical (unpaired) electrons. The number of hydrogen-bond donors (Lipinski definition) is 1. The van der Waals surface area contributed by atoms with Crippen LogP contribution in [0.4, 0.5) is 4.79 Å². The Labute approximate surface area is 207 Å². The molecule has 0 fully saturated rings. The number of carbonyl (C=O) groups excluding carboxylic acids is 1. The Hall–Kier alpha value is -1.18. The van der Waals surface area contributed by atoms with Crippen molar-refractivity contribution in [3.63, 3.8) is 0 Å². The number of nitrogens with zero attached hydrogens (tertiary/aromatic N) is 1. The number of rotatable bonds is 22. The molecule has 0 heterocycles.